The maximum atomic E-state index is 5.66. The average Bonchev–Trinajstić information content (AvgIpc) is 2.52. The molecular formula is C6H10N6. The van der Waals surface area contributed by atoms with Crippen molar-refractivity contribution in [3.63, 3.8) is 0 Å². The molecule has 2 heterocycles. The highest BCUT2D eigenvalue weighted by atomic mass is 15.6. The van der Waals surface area contributed by atoms with E-state index in [1.807, 2.05) is 0 Å². The molecule has 2 rings (SSSR count). The molecule has 0 aliphatic rings. The molecule has 0 saturated heterocycles. The number of fused-ring (bicyclic) bond motifs is 1. The van der Waals surface area contributed by atoms with Crippen LogP contribution in [0, 0.1) is 0 Å². The van der Waals surface area contributed by atoms with Crippen LogP contribution >= 0.6 is 0 Å². The van der Waals surface area contributed by atoms with E-state index in [-0.39, 0.29) is 0 Å². The van der Waals surface area contributed by atoms with Gasteiger partial charge < -0.3 is 16.9 Å². The van der Waals surface area contributed by atoms with Crippen molar-refractivity contribution in [1.29, 1.82) is 0 Å². The SMILES string of the molecule is CNn1c(N)cc2ncc(N)n21. The quantitative estimate of drug-likeness (QED) is 0.531. The van der Waals surface area contributed by atoms with Crippen LogP contribution in [0.3, 0.4) is 0 Å². The molecule has 2 aromatic heterocycles. The van der Waals surface area contributed by atoms with E-state index in [1.54, 1.807) is 28.6 Å². The Labute approximate surface area is 68.7 Å². The zero-order valence-corrected chi connectivity index (χ0v) is 6.65. The van der Waals surface area contributed by atoms with Crippen LogP contribution in [0.4, 0.5) is 11.6 Å². The Morgan fingerprint density at radius 3 is 2.83 bits per heavy atom. The van der Waals surface area contributed by atoms with Crippen molar-refractivity contribution in [2.75, 3.05) is 23.9 Å². The van der Waals surface area contributed by atoms with Gasteiger partial charge in [-0.25, -0.2) is 4.98 Å². The highest BCUT2D eigenvalue weighted by Crippen LogP contribution is 2.13. The number of nitrogens with one attached hydrogen (secondary N) is 1. The third kappa shape index (κ3) is 0.659. The molecule has 6 nitrogen and oxygen atoms in total. The molecule has 5 N–H and O–H groups in total. The van der Waals surface area contributed by atoms with Crippen molar-refractivity contribution in [2.45, 2.75) is 0 Å². The molecule has 0 amide bonds. The molecule has 0 fully saturated rings. The molecule has 0 saturated carbocycles. The van der Waals surface area contributed by atoms with Crippen molar-refractivity contribution in [2.24, 2.45) is 0 Å². The summed E-state index contributed by atoms with van der Waals surface area (Å²) in [6, 6.07) is 1.74. The zero-order valence-electron chi connectivity index (χ0n) is 6.65. The Kier molecular flexibility index (Phi) is 1.18. The first-order chi connectivity index (χ1) is 5.74. The minimum atomic E-state index is 0.552. The van der Waals surface area contributed by atoms with Crippen molar-refractivity contribution in [1.82, 2.24) is 14.3 Å². The van der Waals surface area contributed by atoms with Gasteiger partial charge in [-0.3, -0.25) is 0 Å². The lowest BCUT2D eigenvalue weighted by Gasteiger charge is -2.05. The van der Waals surface area contributed by atoms with E-state index < -0.39 is 0 Å². The van der Waals surface area contributed by atoms with E-state index in [2.05, 4.69) is 10.4 Å². The number of nitrogen functional groups attached to an aromatic ring is 2. The summed E-state index contributed by atoms with van der Waals surface area (Å²) in [6.45, 7) is 0. The fourth-order valence-corrected chi connectivity index (χ4v) is 1.23. The number of aromatic nitrogens is 3. The first-order valence-electron chi connectivity index (χ1n) is 3.52. The lowest BCUT2D eigenvalue weighted by atomic mass is 10.6. The number of anilines is 2. The van der Waals surface area contributed by atoms with Gasteiger partial charge >= 0.3 is 0 Å². The normalized spacial score (nSPS) is 10.8. The van der Waals surface area contributed by atoms with Gasteiger partial charge in [0.15, 0.2) is 5.65 Å². The summed E-state index contributed by atoms with van der Waals surface area (Å²) in [6.07, 6.45) is 1.59. The number of nitrogens with zero attached hydrogens (tertiary/aromatic N) is 3. The molecule has 0 atom stereocenters. The van der Waals surface area contributed by atoms with Gasteiger partial charge in [0, 0.05) is 13.1 Å². The molecule has 0 unspecified atom stereocenters. The first-order valence-corrected chi connectivity index (χ1v) is 3.52. The predicted molar refractivity (Wildman–Crippen MR) is 47.3 cm³/mol. The van der Waals surface area contributed by atoms with Crippen LogP contribution in [-0.2, 0) is 0 Å². The summed E-state index contributed by atoms with van der Waals surface area (Å²) in [4.78, 5) is 5.67. The molecule has 0 bridgehead atoms. The van der Waals surface area contributed by atoms with Gasteiger partial charge in [-0.2, -0.15) is 9.31 Å². The van der Waals surface area contributed by atoms with Crippen molar-refractivity contribution in [3.05, 3.63) is 12.3 Å². The second-order valence-electron chi connectivity index (χ2n) is 2.46. The lowest BCUT2D eigenvalue weighted by Crippen LogP contribution is -2.18. The van der Waals surface area contributed by atoms with Gasteiger partial charge in [-0.1, -0.05) is 0 Å². The van der Waals surface area contributed by atoms with Gasteiger partial charge in [0.25, 0.3) is 0 Å². The summed E-state index contributed by atoms with van der Waals surface area (Å²) in [7, 11) is 1.76. The van der Waals surface area contributed by atoms with Gasteiger partial charge in [0.1, 0.15) is 11.6 Å². The van der Waals surface area contributed by atoms with Crippen LogP contribution in [0.5, 0.6) is 0 Å². The Morgan fingerprint density at radius 1 is 1.42 bits per heavy atom. The highest BCUT2D eigenvalue weighted by Gasteiger charge is 2.07. The minimum Gasteiger partial charge on any atom is -0.382 e. The molecule has 0 radical (unpaired) electrons. The van der Waals surface area contributed by atoms with Gasteiger partial charge in [-0.15, -0.1) is 0 Å². The molecule has 0 aromatic carbocycles. The van der Waals surface area contributed by atoms with E-state index >= 15 is 0 Å². The molecular weight excluding hydrogens is 156 g/mol. The monoisotopic (exact) mass is 166 g/mol. The Hall–Kier alpha value is -1.85. The standard InChI is InChI=1S/C6H10N6/c1-9-12-4(7)2-6-10-3-5(8)11(6)12/h2-3,9H,7-8H2,1H3. The van der Waals surface area contributed by atoms with E-state index in [0.29, 0.717) is 11.6 Å². The van der Waals surface area contributed by atoms with Gasteiger partial charge in [-0.05, 0) is 0 Å². The Morgan fingerprint density at radius 2 is 2.17 bits per heavy atom. The first kappa shape index (κ1) is 6.84. The lowest BCUT2D eigenvalue weighted by molar-refractivity contribution is 0.740. The van der Waals surface area contributed by atoms with Crippen molar-refractivity contribution < 1.29 is 0 Å². The van der Waals surface area contributed by atoms with Gasteiger partial charge in [0.2, 0.25) is 0 Å². The Balaban J connectivity index is 2.84. The van der Waals surface area contributed by atoms with E-state index in [4.69, 9.17) is 11.5 Å². The zero-order chi connectivity index (χ0) is 8.72. The summed E-state index contributed by atoms with van der Waals surface area (Å²) < 4.78 is 1.69. The maximum absolute atomic E-state index is 5.66. The molecule has 2 aromatic rings. The number of nitrogens with two attached hydrogens (primary N) is 2. The summed E-state index contributed by atoms with van der Waals surface area (Å²) in [5.74, 6) is 1.13. The molecule has 0 aliphatic heterocycles. The smallest absolute Gasteiger partial charge is 0.159 e. The molecule has 6 heteroatoms. The van der Waals surface area contributed by atoms with Crippen LogP contribution in [0.1, 0.15) is 0 Å². The number of hydrogen-bond acceptors (Lipinski definition) is 4. The van der Waals surface area contributed by atoms with E-state index in [9.17, 15) is 0 Å². The van der Waals surface area contributed by atoms with Crippen molar-refractivity contribution in [3.8, 4) is 0 Å². The largest absolute Gasteiger partial charge is 0.382 e. The van der Waals surface area contributed by atoms with Crippen LogP contribution < -0.4 is 16.9 Å². The third-order valence-corrected chi connectivity index (χ3v) is 1.72. The summed E-state index contributed by atoms with van der Waals surface area (Å²) in [5.41, 5.74) is 14.9. The van der Waals surface area contributed by atoms with Gasteiger partial charge in [0.05, 0.1) is 6.20 Å². The maximum Gasteiger partial charge on any atom is 0.159 e. The fraction of sp³-hybridized carbons (Fsp3) is 0.167. The highest BCUT2D eigenvalue weighted by molar-refractivity contribution is 5.54. The number of imidazole rings is 1. The fourth-order valence-electron chi connectivity index (χ4n) is 1.23. The number of hydrogen-bond donors (Lipinski definition) is 3. The van der Waals surface area contributed by atoms with E-state index in [1.165, 1.54) is 0 Å². The minimum absolute atomic E-state index is 0.552. The second kappa shape index (κ2) is 2.07. The van der Waals surface area contributed by atoms with Crippen molar-refractivity contribution >= 4 is 17.3 Å². The Bertz CT molecular complexity index is 411. The molecule has 0 spiro atoms. The van der Waals surface area contributed by atoms with Crippen LogP contribution in [0.25, 0.3) is 5.65 Å². The summed E-state index contributed by atoms with van der Waals surface area (Å²) in [5, 5.41) is 0. The van der Waals surface area contributed by atoms with Crippen LogP contribution in [-0.4, -0.2) is 21.3 Å². The predicted octanol–water partition coefficient (Wildman–Crippen LogP) is -0.527. The second-order valence-corrected chi connectivity index (χ2v) is 2.46. The van der Waals surface area contributed by atoms with Crippen LogP contribution in [0.2, 0.25) is 0 Å². The van der Waals surface area contributed by atoms with Crippen LogP contribution in [0.15, 0.2) is 12.3 Å². The third-order valence-electron chi connectivity index (χ3n) is 1.72. The number of rotatable bonds is 1. The topological polar surface area (TPSA) is 86.3 Å². The van der Waals surface area contributed by atoms with E-state index in [0.717, 1.165) is 5.65 Å². The summed E-state index contributed by atoms with van der Waals surface area (Å²) >= 11 is 0. The average molecular weight is 166 g/mol. The molecule has 64 valence electrons. The molecule has 0 aliphatic carbocycles. The molecule has 12 heavy (non-hydrogen) atoms.